The van der Waals surface area contributed by atoms with Gasteiger partial charge in [-0.05, 0) is 68.9 Å². The van der Waals surface area contributed by atoms with E-state index in [0.29, 0.717) is 24.8 Å². The van der Waals surface area contributed by atoms with Crippen LogP contribution >= 0.6 is 0 Å². The second kappa shape index (κ2) is 9.48. The van der Waals surface area contributed by atoms with E-state index in [1.807, 2.05) is 45.1 Å². The van der Waals surface area contributed by atoms with Gasteiger partial charge in [0, 0.05) is 5.92 Å². The average molecular weight is 390 g/mol. The number of halogens is 1. The summed E-state index contributed by atoms with van der Waals surface area (Å²) in [6.45, 7) is 7.33. The van der Waals surface area contributed by atoms with E-state index in [1.165, 1.54) is 12.1 Å². The molecule has 28 heavy (non-hydrogen) atoms. The highest BCUT2D eigenvalue weighted by atomic mass is 19.1. The minimum absolute atomic E-state index is 0.116. The highest BCUT2D eigenvalue weighted by molar-refractivity contribution is 5.71. The van der Waals surface area contributed by atoms with Gasteiger partial charge >= 0.3 is 5.97 Å². The van der Waals surface area contributed by atoms with Crippen LogP contribution in [0, 0.1) is 18.7 Å². The maximum Gasteiger partial charge on any atom is 0.309 e. The zero-order chi connectivity index (χ0) is 20.9. The lowest BCUT2D eigenvalue weighted by atomic mass is 9.90. The van der Waals surface area contributed by atoms with Crippen molar-refractivity contribution in [2.24, 2.45) is 5.92 Å². The quantitative estimate of drug-likeness (QED) is 0.583. The zero-order valence-electron chi connectivity index (χ0n) is 17.1. The van der Waals surface area contributed by atoms with E-state index >= 15 is 0 Å². The molecule has 1 aliphatic rings. The van der Waals surface area contributed by atoms with Gasteiger partial charge in [0.25, 0.3) is 0 Å². The predicted molar refractivity (Wildman–Crippen MR) is 108 cm³/mol. The summed E-state index contributed by atoms with van der Waals surface area (Å²) in [4.78, 5) is 12.3. The highest BCUT2D eigenvalue weighted by Gasteiger charge is 2.26. The molecule has 1 aromatic carbocycles. The lowest BCUT2D eigenvalue weighted by Crippen LogP contribution is -2.30. The number of aliphatic hydroxyl groups excluding tert-OH is 1. The molecule has 0 bridgehead atoms. The summed E-state index contributed by atoms with van der Waals surface area (Å²) < 4.78 is 19.4. The average Bonchev–Trinajstić information content (AvgIpc) is 2.56. The van der Waals surface area contributed by atoms with Crippen molar-refractivity contribution >= 4 is 12.0 Å². The number of aryl methyl sites for hydroxylation is 1. The number of cyclic esters (lactones) is 1. The summed E-state index contributed by atoms with van der Waals surface area (Å²) in [5.41, 5.74) is 1.37. The fourth-order valence-corrected chi connectivity index (χ4v) is 3.51. The van der Waals surface area contributed by atoms with Crippen LogP contribution in [0.1, 0.15) is 57.6 Å². The van der Waals surface area contributed by atoms with Gasteiger partial charge in [-0.15, -0.1) is 0 Å². The number of hydrogen-bond donors (Lipinski definition) is 2. The van der Waals surface area contributed by atoms with Crippen LogP contribution in [0.5, 0.6) is 0 Å². The molecule has 0 amide bonds. The molecule has 154 valence electrons. The van der Waals surface area contributed by atoms with E-state index in [1.54, 1.807) is 6.92 Å². The van der Waals surface area contributed by atoms with Gasteiger partial charge in [-0.25, -0.2) is 4.39 Å². The second-order valence-corrected chi connectivity index (χ2v) is 8.25. The van der Waals surface area contributed by atoms with Gasteiger partial charge in [0.05, 0.1) is 18.1 Å². The number of aliphatic hydroxyl groups is 2. The summed E-state index contributed by atoms with van der Waals surface area (Å²) >= 11 is 0. The molecule has 4 nitrogen and oxygen atoms in total. The molecule has 0 aromatic heterocycles. The molecule has 0 saturated heterocycles. The number of ether oxygens (including phenoxy) is 1. The van der Waals surface area contributed by atoms with Crippen LogP contribution in [-0.4, -0.2) is 34.0 Å². The Hall–Kier alpha value is -1.98. The van der Waals surface area contributed by atoms with Crippen molar-refractivity contribution in [3.05, 3.63) is 52.9 Å². The summed E-state index contributed by atoms with van der Waals surface area (Å²) in [5.74, 6) is -0.934. The summed E-state index contributed by atoms with van der Waals surface area (Å²) in [7, 11) is 0. The van der Waals surface area contributed by atoms with E-state index in [4.69, 9.17) is 4.74 Å². The molecule has 1 heterocycles. The van der Waals surface area contributed by atoms with Crippen molar-refractivity contribution in [3.63, 3.8) is 0 Å². The lowest BCUT2D eigenvalue weighted by molar-refractivity contribution is -0.151. The molecule has 0 spiro atoms. The van der Waals surface area contributed by atoms with Crippen molar-refractivity contribution < 1.29 is 24.1 Å². The van der Waals surface area contributed by atoms with E-state index in [9.17, 15) is 19.4 Å². The Kier molecular flexibility index (Phi) is 7.55. The van der Waals surface area contributed by atoms with E-state index in [-0.39, 0.29) is 18.2 Å². The van der Waals surface area contributed by atoms with Crippen LogP contribution in [-0.2, 0) is 9.53 Å². The summed E-state index contributed by atoms with van der Waals surface area (Å²) in [5, 5.41) is 20.5. The number of carbonyl (C=O) groups is 1. The number of esters is 1. The molecule has 1 aromatic rings. The number of rotatable bonds is 2. The van der Waals surface area contributed by atoms with Crippen LogP contribution in [0.2, 0.25) is 0 Å². The van der Waals surface area contributed by atoms with Crippen molar-refractivity contribution in [2.75, 3.05) is 0 Å². The fraction of sp³-hybridized carbons (Fsp3) is 0.522. The third-order valence-corrected chi connectivity index (χ3v) is 5.06. The fourth-order valence-electron chi connectivity index (χ4n) is 3.51. The van der Waals surface area contributed by atoms with Crippen molar-refractivity contribution in [1.29, 1.82) is 0 Å². The van der Waals surface area contributed by atoms with Gasteiger partial charge in [0.2, 0.25) is 0 Å². The molecule has 0 unspecified atom stereocenters. The topological polar surface area (TPSA) is 66.8 Å². The largest absolute Gasteiger partial charge is 0.457 e. The molecule has 5 heteroatoms. The smallest absolute Gasteiger partial charge is 0.309 e. The normalized spacial score (nSPS) is 31.5. The summed E-state index contributed by atoms with van der Waals surface area (Å²) in [6, 6.07) is 4.77. The first-order valence-electron chi connectivity index (χ1n) is 9.78. The van der Waals surface area contributed by atoms with Crippen LogP contribution in [0.3, 0.4) is 0 Å². The Morgan fingerprint density at radius 3 is 2.75 bits per heavy atom. The summed E-state index contributed by atoms with van der Waals surface area (Å²) in [6.07, 6.45) is 5.31. The monoisotopic (exact) mass is 390 g/mol. The van der Waals surface area contributed by atoms with Crippen LogP contribution < -0.4 is 0 Å². The van der Waals surface area contributed by atoms with Crippen LogP contribution in [0.4, 0.5) is 4.39 Å². The van der Waals surface area contributed by atoms with Gasteiger partial charge in [-0.1, -0.05) is 31.2 Å². The maximum atomic E-state index is 13.7. The van der Waals surface area contributed by atoms with E-state index in [0.717, 1.165) is 11.1 Å². The van der Waals surface area contributed by atoms with Gasteiger partial charge in [-0.2, -0.15) is 0 Å². The Morgan fingerprint density at radius 2 is 2.07 bits per heavy atom. The van der Waals surface area contributed by atoms with Crippen LogP contribution in [0.25, 0.3) is 6.08 Å². The minimum atomic E-state index is -0.931. The molecule has 0 radical (unpaired) electrons. The molecular formula is C23H31FO4. The first-order chi connectivity index (χ1) is 13.1. The lowest BCUT2D eigenvalue weighted by Gasteiger charge is -2.27. The Balaban J connectivity index is 2.31. The van der Waals surface area contributed by atoms with E-state index in [2.05, 4.69) is 0 Å². The Bertz CT molecular complexity index is 731. The molecule has 0 saturated carbocycles. The number of benzene rings is 1. The molecular weight excluding hydrogens is 359 g/mol. The van der Waals surface area contributed by atoms with Gasteiger partial charge in [0.1, 0.15) is 11.9 Å². The molecule has 0 fully saturated rings. The van der Waals surface area contributed by atoms with Gasteiger partial charge in [0.15, 0.2) is 0 Å². The zero-order valence-corrected chi connectivity index (χ0v) is 17.1. The molecule has 2 N–H and O–H groups in total. The Morgan fingerprint density at radius 1 is 1.36 bits per heavy atom. The molecule has 4 atom stereocenters. The SMILES string of the molecule is C/C(=C\c1cc(C)cc(F)c1)[C@H]1OC(=O)C[C@H](O)CC[C@@](C)(O)C/C=C/[C@@H]1C. The second-order valence-electron chi connectivity index (χ2n) is 8.25. The minimum Gasteiger partial charge on any atom is -0.457 e. The predicted octanol–water partition coefficient (Wildman–Crippen LogP) is 4.33. The molecule has 2 rings (SSSR count). The van der Waals surface area contributed by atoms with Crippen molar-refractivity contribution in [1.82, 2.24) is 0 Å². The molecule has 0 aliphatic carbocycles. The number of carbonyl (C=O) groups excluding carboxylic acids is 1. The van der Waals surface area contributed by atoms with Crippen LogP contribution in [0.15, 0.2) is 35.9 Å². The van der Waals surface area contributed by atoms with E-state index < -0.39 is 23.8 Å². The Labute approximate surface area is 166 Å². The maximum absolute atomic E-state index is 13.7. The van der Waals surface area contributed by atoms with Gasteiger partial charge < -0.3 is 14.9 Å². The van der Waals surface area contributed by atoms with Crippen molar-refractivity contribution in [3.8, 4) is 0 Å². The third-order valence-electron chi connectivity index (χ3n) is 5.06. The van der Waals surface area contributed by atoms with Crippen molar-refractivity contribution in [2.45, 2.75) is 71.2 Å². The van der Waals surface area contributed by atoms with Gasteiger partial charge in [-0.3, -0.25) is 4.79 Å². The third kappa shape index (κ3) is 6.88. The number of hydrogen-bond acceptors (Lipinski definition) is 4. The standard InChI is InChI=1S/C23H31FO4/c1-15-10-18(13-19(24)11-15)12-17(3)22-16(2)6-5-8-23(4,27)9-7-20(25)14-21(26)28-22/h5-6,10-13,16,20,22,25,27H,7-9,14H2,1-4H3/b6-5+,17-12+/t16-,20+,22-,23-/m0/s1. The highest BCUT2D eigenvalue weighted by Crippen LogP contribution is 2.25. The molecule has 1 aliphatic heterocycles. The first kappa shape index (κ1) is 22.3. The first-order valence-corrected chi connectivity index (χ1v) is 9.78.